The Morgan fingerprint density at radius 1 is 1.22 bits per heavy atom. The highest BCUT2D eigenvalue weighted by atomic mass is 127. The lowest BCUT2D eigenvalue weighted by molar-refractivity contribution is -0.121. The van der Waals surface area contributed by atoms with Crippen LogP contribution in [0.1, 0.15) is 46.5 Å². The monoisotopic (exact) mass is 495 g/mol. The molecule has 1 aliphatic heterocycles. The number of hydrogen-bond donors (Lipinski definition) is 3. The fourth-order valence-electron chi connectivity index (χ4n) is 3.17. The van der Waals surface area contributed by atoms with E-state index in [9.17, 15) is 4.79 Å². The van der Waals surface area contributed by atoms with Crippen molar-refractivity contribution in [2.75, 3.05) is 45.9 Å². The number of ether oxygens (including phenoxy) is 1. The van der Waals surface area contributed by atoms with Crippen LogP contribution in [0.3, 0.4) is 0 Å². The minimum atomic E-state index is 0. The maximum atomic E-state index is 11.7. The summed E-state index contributed by atoms with van der Waals surface area (Å²) in [6.07, 6.45) is 3.67. The molecule has 0 aromatic rings. The van der Waals surface area contributed by atoms with Crippen molar-refractivity contribution in [1.29, 1.82) is 0 Å². The number of amides is 1. The number of halogens is 1. The fourth-order valence-corrected chi connectivity index (χ4v) is 3.17. The van der Waals surface area contributed by atoms with Crippen LogP contribution in [0.25, 0.3) is 0 Å². The van der Waals surface area contributed by atoms with Gasteiger partial charge >= 0.3 is 0 Å². The van der Waals surface area contributed by atoms with Gasteiger partial charge in [0.1, 0.15) is 0 Å². The first-order valence-corrected chi connectivity index (χ1v) is 10.2. The second-order valence-corrected chi connectivity index (χ2v) is 7.55. The van der Waals surface area contributed by atoms with E-state index in [1.54, 1.807) is 0 Å². The first-order valence-electron chi connectivity index (χ1n) is 10.2. The van der Waals surface area contributed by atoms with Gasteiger partial charge in [0.25, 0.3) is 0 Å². The maximum absolute atomic E-state index is 11.7. The third-order valence-corrected chi connectivity index (χ3v) is 4.88. The lowest BCUT2D eigenvalue weighted by Crippen LogP contribution is -2.48. The molecule has 0 radical (unpaired) electrons. The quantitative estimate of drug-likeness (QED) is 0.186. The van der Waals surface area contributed by atoms with Gasteiger partial charge in [-0.3, -0.25) is 14.7 Å². The van der Waals surface area contributed by atoms with Crippen LogP contribution in [-0.4, -0.2) is 74.8 Å². The number of carbonyl (C=O) groups excluding carboxylic acids is 1. The van der Waals surface area contributed by atoms with Crippen molar-refractivity contribution in [1.82, 2.24) is 20.9 Å². The predicted octanol–water partition coefficient (Wildman–Crippen LogP) is 1.58. The van der Waals surface area contributed by atoms with E-state index in [4.69, 9.17) is 9.73 Å². The predicted molar refractivity (Wildman–Crippen MR) is 121 cm³/mol. The number of morpholine rings is 1. The first kappa shape index (κ1) is 24.4. The molecule has 27 heavy (non-hydrogen) atoms. The molecular formula is C19H38IN5O2. The van der Waals surface area contributed by atoms with Gasteiger partial charge in [0.05, 0.1) is 19.8 Å². The summed E-state index contributed by atoms with van der Waals surface area (Å²) in [6, 6.07) is 0.876. The van der Waals surface area contributed by atoms with Crippen LogP contribution in [0.4, 0.5) is 0 Å². The summed E-state index contributed by atoms with van der Waals surface area (Å²) < 4.78 is 5.47. The van der Waals surface area contributed by atoms with E-state index in [1.807, 2.05) is 0 Å². The number of aliphatic imine (C=N–C) groups is 1. The summed E-state index contributed by atoms with van der Waals surface area (Å²) in [5, 5.41) is 9.69. The zero-order valence-electron chi connectivity index (χ0n) is 17.1. The van der Waals surface area contributed by atoms with Crippen LogP contribution < -0.4 is 16.0 Å². The van der Waals surface area contributed by atoms with Crippen molar-refractivity contribution in [3.8, 4) is 0 Å². The molecule has 1 aliphatic carbocycles. The van der Waals surface area contributed by atoms with Gasteiger partial charge in [-0.05, 0) is 32.1 Å². The highest BCUT2D eigenvalue weighted by Crippen LogP contribution is 2.18. The second-order valence-electron chi connectivity index (χ2n) is 7.55. The summed E-state index contributed by atoms with van der Waals surface area (Å²) in [4.78, 5) is 19.0. The van der Waals surface area contributed by atoms with Crippen molar-refractivity contribution >= 4 is 35.8 Å². The van der Waals surface area contributed by atoms with Gasteiger partial charge in [0, 0.05) is 44.7 Å². The molecule has 2 rings (SSSR count). The summed E-state index contributed by atoms with van der Waals surface area (Å²) in [7, 11) is 0. The number of guanidine groups is 1. The molecular weight excluding hydrogens is 457 g/mol. The molecule has 0 aromatic heterocycles. The number of nitrogens with one attached hydrogen (secondary N) is 3. The van der Waals surface area contributed by atoms with Gasteiger partial charge in [-0.1, -0.05) is 13.8 Å². The molecule has 2 aliphatic rings. The van der Waals surface area contributed by atoms with Gasteiger partial charge < -0.3 is 20.7 Å². The zero-order valence-corrected chi connectivity index (χ0v) is 19.5. The zero-order chi connectivity index (χ0) is 18.8. The third kappa shape index (κ3) is 9.94. The molecule has 2 fully saturated rings. The molecule has 3 N–H and O–H groups in total. The summed E-state index contributed by atoms with van der Waals surface area (Å²) in [5.74, 6) is 1.56. The molecule has 0 bridgehead atoms. The minimum Gasteiger partial charge on any atom is -0.379 e. The highest BCUT2D eigenvalue weighted by Gasteiger charge is 2.24. The van der Waals surface area contributed by atoms with Crippen molar-refractivity contribution in [3.63, 3.8) is 0 Å². The van der Waals surface area contributed by atoms with Gasteiger partial charge in [-0.2, -0.15) is 0 Å². The van der Waals surface area contributed by atoms with E-state index in [0.717, 1.165) is 71.2 Å². The van der Waals surface area contributed by atoms with E-state index < -0.39 is 0 Å². The van der Waals surface area contributed by atoms with Crippen molar-refractivity contribution in [2.45, 2.75) is 58.5 Å². The molecule has 1 unspecified atom stereocenters. The van der Waals surface area contributed by atoms with Crippen LogP contribution in [0, 0.1) is 5.92 Å². The van der Waals surface area contributed by atoms with Crippen LogP contribution in [-0.2, 0) is 9.53 Å². The Bertz CT molecular complexity index is 451. The highest BCUT2D eigenvalue weighted by molar-refractivity contribution is 14.0. The van der Waals surface area contributed by atoms with E-state index in [1.165, 1.54) is 0 Å². The van der Waals surface area contributed by atoms with Crippen molar-refractivity contribution in [3.05, 3.63) is 0 Å². The molecule has 158 valence electrons. The Labute approximate surface area is 181 Å². The molecule has 1 heterocycles. The molecule has 0 spiro atoms. The van der Waals surface area contributed by atoms with Crippen LogP contribution in [0.5, 0.6) is 0 Å². The largest absolute Gasteiger partial charge is 0.379 e. The average molecular weight is 495 g/mol. The fraction of sp³-hybridized carbons (Fsp3) is 0.895. The Kier molecular flexibility index (Phi) is 12.3. The molecule has 1 saturated heterocycles. The van der Waals surface area contributed by atoms with Crippen molar-refractivity contribution in [2.24, 2.45) is 10.9 Å². The maximum Gasteiger partial charge on any atom is 0.220 e. The Balaban J connectivity index is 0.00000364. The summed E-state index contributed by atoms with van der Waals surface area (Å²) in [6.45, 7) is 12.5. The number of rotatable bonds is 10. The molecule has 1 amide bonds. The lowest BCUT2D eigenvalue weighted by atomic mass is 10.0. The van der Waals surface area contributed by atoms with Gasteiger partial charge in [0.15, 0.2) is 5.96 Å². The Morgan fingerprint density at radius 2 is 1.93 bits per heavy atom. The molecule has 1 atom stereocenters. The van der Waals surface area contributed by atoms with Crippen LogP contribution in [0.15, 0.2) is 4.99 Å². The Hall–Kier alpha value is -0.610. The van der Waals surface area contributed by atoms with Crippen LogP contribution in [0.2, 0.25) is 0 Å². The third-order valence-electron chi connectivity index (χ3n) is 4.88. The smallest absolute Gasteiger partial charge is 0.220 e. The van der Waals surface area contributed by atoms with E-state index in [2.05, 4.69) is 41.6 Å². The SMILES string of the molecule is CCNC(=NCC(C(C)C)N1CCOCC1)NCCCC(=O)NC1CC1.I. The minimum absolute atomic E-state index is 0. The summed E-state index contributed by atoms with van der Waals surface area (Å²) >= 11 is 0. The topological polar surface area (TPSA) is 78.0 Å². The van der Waals surface area contributed by atoms with E-state index in [-0.39, 0.29) is 29.9 Å². The molecule has 1 saturated carbocycles. The van der Waals surface area contributed by atoms with E-state index in [0.29, 0.717) is 24.4 Å². The molecule has 8 heteroatoms. The Morgan fingerprint density at radius 3 is 2.52 bits per heavy atom. The number of carbonyl (C=O) groups is 1. The summed E-state index contributed by atoms with van der Waals surface area (Å²) in [5.41, 5.74) is 0. The van der Waals surface area contributed by atoms with Gasteiger partial charge in [-0.15, -0.1) is 24.0 Å². The number of hydrogen-bond acceptors (Lipinski definition) is 4. The lowest BCUT2D eigenvalue weighted by Gasteiger charge is -2.36. The standard InChI is InChI=1S/C19H37N5O2.HI/c1-4-20-19(21-9-5-6-18(25)23-16-7-8-16)22-14-17(15(2)3)24-10-12-26-13-11-24;/h15-17H,4-14H2,1-3H3,(H,23,25)(H2,20,21,22);1H. The molecule has 0 aromatic carbocycles. The van der Waals surface area contributed by atoms with Gasteiger partial charge in [0.2, 0.25) is 5.91 Å². The molecule has 7 nitrogen and oxygen atoms in total. The van der Waals surface area contributed by atoms with E-state index >= 15 is 0 Å². The number of nitrogens with zero attached hydrogens (tertiary/aromatic N) is 2. The normalized spacial score (nSPS) is 19.3. The second kappa shape index (κ2) is 13.5. The van der Waals surface area contributed by atoms with Crippen molar-refractivity contribution < 1.29 is 9.53 Å². The van der Waals surface area contributed by atoms with Crippen LogP contribution >= 0.6 is 24.0 Å². The average Bonchev–Trinajstić information content (AvgIpc) is 3.43. The first-order chi connectivity index (χ1) is 12.6. The van der Waals surface area contributed by atoms with Gasteiger partial charge in [-0.25, -0.2) is 0 Å².